The number of hydrogen-bond acceptors (Lipinski definition) is 8. The van der Waals surface area contributed by atoms with Crippen molar-refractivity contribution in [2.24, 2.45) is 11.8 Å². The maximum Gasteiger partial charge on any atom is 0.264 e. The van der Waals surface area contributed by atoms with E-state index in [4.69, 9.17) is 21.1 Å². The van der Waals surface area contributed by atoms with E-state index >= 15 is 0 Å². The first-order valence-electron chi connectivity index (χ1n) is 17.7. The molecule has 2 aromatic rings. The number of sulfonamides is 1. The van der Waals surface area contributed by atoms with Gasteiger partial charge in [-0.2, -0.15) is 0 Å². The van der Waals surface area contributed by atoms with Crippen molar-refractivity contribution in [1.29, 1.82) is 0 Å². The van der Waals surface area contributed by atoms with E-state index in [1.165, 1.54) is 29.1 Å². The smallest absolute Gasteiger partial charge is 0.264 e. The number of halogens is 1. The highest BCUT2D eigenvalue weighted by atomic mass is 35.5. The zero-order valence-electron chi connectivity index (χ0n) is 28.8. The van der Waals surface area contributed by atoms with Crippen molar-refractivity contribution in [2.45, 2.75) is 99.4 Å². The maximum absolute atomic E-state index is 13.3. The van der Waals surface area contributed by atoms with Crippen LogP contribution in [0.1, 0.15) is 93.6 Å². The lowest BCUT2D eigenvalue weighted by atomic mass is 9.63. The Morgan fingerprint density at radius 3 is 2.65 bits per heavy atom. The van der Waals surface area contributed by atoms with Gasteiger partial charge in [0.25, 0.3) is 5.91 Å². The van der Waals surface area contributed by atoms with Crippen LogP contribution in [0.2, 0.25) is 5.02 Å². The zero-order chi connectivity index (χ0) is 34.1. The Morgan fingerprint density at radius 2 is 1.96 bits per heavy atom. The number of carbonyl (C=O) groups is 1. The Labute approximate surface area is 301 Å². The van der Waals surface area contributed by atoms with Gasteiger partial charge in [0.1, 0.15) is 5.75 Å². The van der Waals surface area contributed by atoms with Crippen molar-refractivity contribution in [2.75, 3.05) is 43.2 Å². The Balaban J connectivity index is 1.37. The normalized spacial score (nSPS) is 25.8. The molecular weight excluding hydrogens is 684 g/mol. The number of anilines is 1. The Morgan fingerprint density at radius 1 is 1.17 bits per heavy atom. The van der Waals surface area contributed by atoms with Gasteiger partial charge in [-0.1, -0.05) is 37.4 Å². The number of nitrogens with zero attached hydrogens (tertiary/aromatic N) is 1. The SMILES string of the molecule is CCCC[C@](OC)(C1SCCCS1)[C@@H]1CC[C@H]1CN1C[C@@]2(CCCc3cc(Cl)ccc32)COc2ccc(C(=O)NS(=O)(=O)C(C)C)cc21. The lowest BCUT2D eigenvalue weighted by molar-refractivity contribution is -0.104. The summed E-state index contributed by atoms with van der Waals surface area (Å²) in [5.74, 6) is 3.34. The van der Waals surface area contributed by atoms with Crippen molar-refractivity contribution in [3.63, 3.8) is 0 Å². The second-order valence-electron chi connectivity index (χ2n) is 14.4. The summed E-state index contributed by atoms with van der Waals surface area (Å²) in [5, 5.41) is 0.0397. The van der Waals surface area contributed by atoms with Crippen molar-refractivity contribution < 1.29 is 22.7 Å². The maximum atomic E-state index is 13.3. The van der Waals surface area contributed by atoms with Crippen LogP contribution in [0.15, 0.2) is 36.4 Å². The largest absolute Gasteiger partial charge is 0.490 e. The Kier molecular flexibility index (Phi) is 11.3. The summed E-state index contributed by atoms with van der Waals surface area (Å²) in [6.45, 7) is 7.49. The minimum atomic E-state index is -3.78. The van der Waals surface area contributed by atoms with Crippen molar-refractivity contribution >= 4 is 56.7 Å². The number of fused-ring (bicyclic) bond motifs is 3. The number of carbonyl (C=O) groups excluding carboxylic acids is 1. The molecule has 2 aliphatic carbocycles. The molecule has 7 nitrogen and oxygen atoms in total. The summed E-state index contributed by atoms with van der Waals surface area (Å²) in [4.78, 5) is 15.8. The molecule has 1 saturated heterocycles. The van der Waals surface area contributed by atoms with Crippen LogP contribution >= 0.6 is 35.1 Å². The fraction of sp³-hybridized carbons (Fsp3) is 0.649. The minimum Gasteiger partial charge on any atom is -0.490 e. The molecule has 1 spiro atoms. The monoisotopic (exact) mass is 734 g/mol. The van der Waals surface area contributed by atoms with E-state index in [2.05, 4.69) is 52.2 Å². The van der Waals surface area contributed by atoms with Crippen LogP contribution in [0.5, 0.6) is 5.75 Å². The summed E-state index contributed by atoms with van der Waals surface area (Å²) in [7, 11) is -1.84. The van der Waals surface area contributed by atoms with Gasteiger partial charge >= 0.3 is 0 Å². The number of nitrogens with one attached hydrogen (secondary N) is 1. The lowest BCUT2D eigenvalue weighted by Gasteiger charge is -2.54. The van der Waals surface area contributed by atoms with Gasteiger partial charge in [0.15, 0.2) is 0 Å². The van der Waals surface area contributed by atoms with E-state index in [9.17, 15) is 13.2 Å². The van der Waals surface area contributed by atoms with E-state index in [1.54, 1.807) is 19.9 Å². The van der Waals surface area contributed by atoms with Gasteiger partial charge in [0.2, 0.25) is 10.0 Å². The average molecular weight is 735 g/mol. The summed E-state index contributed by atoms with van der Waals surface area (Å²) in [6.07, 6.45) is 9.93. The highest BCUT2D eigenvalue weighted by Gasteiger charge is 2.54. The molecule has 4 aliphatic rings. The Bertz CT molecular complexity index is 1580. The van der Waals surface area contributed by atoms with Gasteiger partial charge < -0.3 is 14.4 Å². The van der Waals surface area contributed by atoms with Gasteiger partial charge in [0.05, 0.1) is 27.7 Å². The molecule has 1 amide bonds. The summed E-state index contributed by atoms with van der Waals surface area (Å²) in [6, 6.07) is 11.7. The quantitative estimate of drug-likeness (QED) is 0.248. The molecule has 1 saturated carbocycles. The molecule has 264 valence electrons. The highest BCUT2D eigenvalue weighted by Crippen LogP contribution is 2.55. The summed E-state index contributed by atoms with van der Waals surface area (Å²) >= 11 is 10.7. The molecule has 2 heterocycles. The van der Waals surface area contributed by atoms with Crippen LogP contribution in [0.4, 0.5) is 5.69 Å². The number of aryl methyl sites for hydroxylation is 1. The van der Waals surface area contributed by atoms with Crippen LogP contribution in [0, 0.1) is 11.8 Å². The van der Waals surface area contributed by atoms with Gasteiger partial charge in [0, 0.05) is 36.2 Å². The number of unbranched alkanes of at least 4 members (excludes halogenated alkanes) is 1. The highest BCUT2D eigenvalue weighted by molar-refractivity contribution is 8.17. The van der Waals surface area contributed by atoms with E-state index in [0.29, 0.717) is 28.6 Å². The molecule has 48 heavy (non-hydrogen) atoms. The molecule has 0 aromatic heterocycles. The molecule has 0 bridgehead atoms. The third-order valence-electron chi connectivity index (χ3n) is 11.2. The standard InChI is InChI=1S/C37H51ClN2O5S3/c1-5-6-17-37(44-4,35-46-18-8-19-47-35)31-13-10-28(31)22-40-23-36(16-7-9-26-20-29(38)12-14-30(26)36)24-45-33-15-11-27(21-32(33)40)34(41)39-48(42,43)25(2)3/h11-12,14-15,20-21,25,28,31,35H,5-10,13,16-19,22-24H2,1-4H3,(H,39,41)/t28-,31+,36-,37+/m0/s1. The average Bonchev–Trinajstić information content (AvgIpc) is 3.21. The molecule has 6 rings (SSSR count). The number of methoxy groups -OCH3 is 1. The number of hydrogen-bond donors (Lipinski definition) is 1. The zero-order valence-corrected chi connectivity index (χ0v) is 32.0. The summed E-state index contributed by atoms with van der Waals surface area (Å²) < 4.78 is 41.3. The van der Waals surface area contributed by atoms with Gasteiger partial charge in [-0.15, -0.1) is 23.5 Å². The first kappa shape index (κ1) is 36.2. The predicted molar refractivity (Wildman–Crippen MR) is 201 cm³/mol. The van der Waals surface area contributed by atoms with E-state index in [0.717, 1.165) is 80.9 Å². The first-order chi connectivity index (χ1) is 23.0. The number of thioether (sulfide) groups is 2. The van der Waals surface area contributed by atoms with Crippen molar-refractivity contribution in [1.82, 2.24) is 4.72 Å². The van der Waals surface area contributed by atoms with E-state index in [-0.39, 0.29) is 11.0 Å². The third-order valence-corrected chi connectivity index (χ3v) is 16.4. The number of amides is 1. The van der Waals surface area contributed by atoms with Crippen molar-refractivity contribution in [3.8, 4) is 5.75 Å². The van der Waals surface area contributed by atoms with Crippen LogP contribution in [0.3, 0.4) is 0 Å². The molecular formula is C37H51ClN2O5S3. The van der Waals surface area contributed by atoms with Gasteiger partial charge in [-0.05, 0) is 124 Å². The minimum absolute atomic E-state index is 0.182. The van der Waals surface area contributed by atoms with Crippen molar-refractivity contribution in [3.05, 3.63) is 58.1 Å². The van der Waals surface area contributed by atoms with E-state index in [1.807, 2.05) is 25.3 Å². The fourth-order valence-electron chi connectivity index (χ4n) is 8.33. The second kappa shape index (κ2) is 14.9. The summed E-state index contributed by atoms with van der Waals surface area (Å²) in [5.41, 5.74) is 3.33. The van der Waals surface area contributed by atoms with Crippen LogP contribution in [-0.2, 0) is 26.6 Å². The van der Waals surface area contributed by atoms with Crippen LogP contribution < -0.4 is 14.4 Å². The molecule has 2 aromatic carbocycles. The fourth-order valence-corrected chi connectivity index (χ4v) is 12.7. The topological polar surface area (TPSA) is 84.9 Å². The molecule has 4 atom stereocenters. The number of rotatable bonds is 11. The van der Waals surface area contributed by atoms with Gasteiger partial charge in [-0.3, -0.25) is 4.79 Å². The van der Waals surface area contributed by atoms with E-state index < -0.39 is 21.2 Å². The lowest BCUT2D eigenvalue weighted by Crippen LogP contribution is -2.57. The second-order valence-corrected chi connectivity index (χ2v) is 19.8. The molecule has 0 radical (unpaired) electrons. The Hall–Kier alpha value is -1.59. The first-order valence-corrected chi connectivity index (χ1v) is 21.7. The van der Waals surface area contributed by atoms with Crippen LogP contribution in [0.25, 0.3) is 0 Å². The molecule has 2 fully saturated rings. The molecule has 1 N–H and O–H groups in total. The van der Waals surface area contributed by atoms with Crippen LogP contribution in [-0.4, -0.2) is 68.1 Å². The number of benzene rings is 2. The molecule has 2 aliphatic heterocycles. The third kappa shape index (κ3) is 7.12. The number of ether oxygens (including phenoxy) is 2. The molecule has 0 unspecified atom stereocenters. The predicted octanol–water partition coefficient (Wildman–Crippen LogP) is 8.08. The van der Waals surface area contributed by atoms with Gasteiger partial charge in [-0.25, -0.2) is 13.1 Å². The molecule has 11 heteroatoms.